The Morgan fingerprint density at radius 1 is 1.53 bits per heavy atom. The number of nitrogens with zero attached hydrogens (tertiary/aromatic N) is 1. The van der Waals surface area contributed by atoms with Gasteiger partial charge in [-0.15, -0.1) is 0 Å². The number of rotatable bonds is 8. The summed E-state index contributed by atoms with van der Waals surface area (Å²) >= 11 is 0. The molecule has 2 unspecified atom stereocenters. The Kier molecular flexibility index (Phi) is 6.43. The highest BCUT2D eigenvalue weighted by molar-refractivity contribution is 5.73. The number of aliphatic carboxylic acids is 1. The first kappa shape index (κ1) is 14.4. The predicted octanol–water partition coefficient (Wildman–Crippen LogP) is -0.441. The summed E-state index contributed by atoms with van der Waals surface area (Å²) in [5.74, 6) is -0.810. The third kappa shape index (κ3) is 4.99. The first-order chi connectivity index (χ1) is 8.15. The molecule has 1 rings (SSSR count). The summed E-state index contributed by atoms with van der Waals surface area (Å²) in [5, 5.41) is 18.7. The molecular formula is C11H21NO5. The number of hydrogen-bond donors (Lipinski definition) is 2. The SMILES string of the molecule is COCCOCC(O)CN1CCCC1C(=O)O. The van der Waals surface area contributed by atoms with Gasteiger partial charge in [0.2, 0.25) is 0 Å². The van der Waals surface area contributed by atoms with E-state index in [4.69, 9.17) is 14.6 Å². The van der Waals surface area contributed by atoms with E-state index in [1.807, 2.05) is 0 Å². The Morgan fingerprint density at radius 2 is 2.29 bits per heavy atom. The van der Waals surface area contributed by atoms with Crippen molar-refractivity contribution in [2.24, 2.45) is 0 Å². The average Bonchev–Trinajstić information content (AvgIpc) is 2.72. The van der Waals surface area contributed by atoms with E-state index in [2.05, 4.69) is 0 Å². The van der Waals surface area contributed by atoms with Crippen LogP contribution in [0.2, 0.25) is 0 Å². The van der Waals surface area contributed by atoms with Crippen LogP contribution in [0.4, 0.5) is 0 Å². The van der Waals surface area contributed by atoms with Crippen molar-refractivity contribution in [3.8, 4) is 0 Å². The highest BCUT2D eigenvalue weighted by Crippen LogP contribution is 2.17. The minimum absolute atomic E-state index is 0.214. The molecule has 0 radical (unpaired) electrons. The molecular weight excluding hydrogens is 226 g/mol. The van der Waals surface area contributed by atoms with Crippen LogP contribution in [0, 0.1) is 0 Å². The number of aliphatic hydroxyl groups is 1. The standard InChI is InChI=1S/C11H21NO5/c1-16-5-6-17-8-9(13)7-12-4-2-3-10(12)11(14)15/h9-10,13H,2-8H2,1H3,(H,14,15). The van der Waals surface area contributed by atoms with Crippen LogP contribution >= 0.6 is 0 Å². The Labute approximate surface area is 101 Å². The van der Waals surface area contributed by atoms with Gasteiger partial charge in [-0.3, -0.25) is 9.69 Å². The van der Waals surface area contributed by atoms with Gasteiger partial charge in [0.1, 0.15) is 6.04 Å². The van der Waals surface area contributed by atoms with Crippen molar-refractivity contribution < 1.29 is 24.5 Å². The second kappa shape index (κ2) is 7.60. The lowest BCUT2D eigenvalue weighted by Crippen LogP contribution is -2.42. The van der Waals surface area contributed by atoms with Crippen LogP contribution in [-0.4, -0.2) is 73.2 Å². The van der Waals surface area contributed by atoms with Gasteiger partial charge in [0.15, 0.2) is 0 Å². The van der Waals surface area contributed by atoms with E-state index in [9.17, 15) is 9.90 Å². The third-order valence-electron chi connectivity index (χ3n) is 2.84. The quantitative estimate of drug-likeness (QED) is 0.566. The molecule has 100 valence electrons. The van der Waals surface area contributed by atoms with Gasteiger partial charge in [0.05, 0.1) is 25.9 Å². The second-order valence-corrected chi connectivity index (χ2v) is 4.21. The molecule has 17 heavy (non-hydrogen) atoms. The van der Waals surface area contributed by atoms with Gasteiger partial charge in [0, 0.05) is 13.7 Å². The van der Waals surface area contributed by atoms with Crippen LogP contribution in [-0.2, 0) is 14.3 Å². The average molecular weight is 247 g/mol. The number of carboxylic acid groups (broad SMARTS) is 1. The molecule has 0 saturated carbocycles. The number of carboxylic acids is 1. The van der Waals surface area contributed by atoms with Gasteiger partial charge in [0.25, 0.3) is 0 Å². The molecule has 1 aliphatic rings. The fourth-order valence-electron chi connectivity index (χ4n) is 2.01. The van der Waals surface area contributed by atoms with Gasteiger partial charge in [-0.1, -0.05) is 0 Å². The Morgan fingerprint density at radius 3 is 2.94 bits per heavy atom. The van der Waals surface area contributed by atoms with Crippen LogP contribution in [0.1, 0.15) is 12.8 Å². The largest absolute Gasteiger partial charge is 0.480 e. The third-order valence-corrected chi connectivity index (χ3v) is 2.84. The molecule has 0 aromatic heterocycles. The number of hydrogen-bond acceptors (Lipinski definition) is 5. The Hall–Kier alpha value is -0.690. The molecule has 1 saturated heterocycles. The lowest BCUT2D eigenvalue weighted by Gasteiger charge is -2.23. The molecule has 1 aliphatic heterocycles. The predicted molar refractivity (Wildman–Crippen MR) is 60.9 cm³/mol. The number of ether oxygens (including phenoxy) is 2. The molecule has 0 aromatic carbocycles. The van der Waals surface area contributed by atoms with Crippen LogP contribution < -0.4 is 0 Å². The first-order valence-electron chi connectivity index (χ1n) is 5.86. The number of aliphatic hydroxyl groups excluding tert-OH is 1. The molecule has 0 amide bonds. The summed E-state index contributed by atoms with van der Waals surface area (Å²) in [6.07, 6.45) is 0.882. The van der Waals surface area contributed by atoms with E-state index >= 15 is 0 Å². The highest BCUT2D eigenvalue weighted by atomic mass is 16.5. The van der Waals surface area contributed by atoms with Gasteiger partial charge < -0.3 is 19.7 Å². The van der Waals surface area contributed by atoms with E-state index in [1.165, 1.54) is 0 Å². The molecule has 6 heteroatoms. The molecule has 0 aliphatic carbocycles. The number of likely N-dealkylation sites (tertiary alicyclic amines) is 1. The smallest absolute Gasteiger partial charge is 0.320 e. The van der Waals surface area contributed by atoms with E-state index in [-0.39, 0.29) is 6.61 Å². The summed E-state index contributed by atoms with van der Waals surface area (Å²) < 4.78 is 10.0. The topological polar surface area (TPSA) is 79.2 Å². The lowest BCUT2D eigenvalue weighted by molar-refractivity contribution is -0.142. The highest BCUT2D eigenvalue weighted by Gasteiger charge is 2.31. The number of carbonyl (C=O) groups is 1. The van der Waals surface area contributed by atoms with Crippen LogP contribution in [0.3, 0.4) is 0 Å². The van der Waals surface area contributed by atoms with Gasteiger partial charge in [-0.05, 0) is 19.4 Å². The Bertz CT molecular complexity index is 236. The molecule has 0 bridgehead atoms. The number of methoxy groups -OCH3 is 1. The van der Waals surface area contributed by atoms with E-state index in [1.54, 1.807) is 12.0 Å². The summed E-state index contributed by atoms with van der Waals surface area (Å²) in [4.78, 5) is 12.7. The summed E-state index contributed by atoms with van der Waals surface area (Å²) in [5.41, 5.74) is 0. The van der Waals surface area contributed by atoms with Crippen LogP contribution in [0.25, 0.3) is 0 Å². The number of β-amino-alcohol motifs (C(OH)–C–C–N with tert-alkyl or cyclic N) is 1. The maximum atomic E-state index is 10.9. The van der Waals surface area contributed by atoms with E-state index in [0.29, 0.717) is 26.2 Å². The molecule has 1 fully saturated rings. The summed E-state index contributed by atoms with van der Waals surface area (Å²) in [7, 11) is 1.58. The zero-order valence-electron chi connectivity index (χ0n) is 10.2. The van der Waals surface area contributed by atoms with Crippen molar-refractivity contribution >= 4 is 5.97 Å². The Balaban J connectivity index is 2.20. The summed E-state index contributed by atoms with van der Waals surface area (Å²) in [6.45, 7) is 2.23. The molecule has 0 spiro atoms. The van der Waals surface area contributed by atoms with Crippen LogP contribution in [0.15, 0.2) is 0 Å². The zero-order valence-corrected chi connectivity index (χ0v) is 10.2. The lowest BCUT2D eigenvalue weighted by atomic mass is 10.2. The monoisotopic (exact) mass is 247 g/mol. The van der Waals surface area contributed by atoms with E-state index < -0.39 is 18.1 Å². The molecule has 0 aromatic rings. The maximum absolute atomic E-state index is 10.9. The second-order valence-electron chi connectivity index (χ2n) is 4.21. The van der Waals surface area contributed by atoms with Gasteiger partial charge in [-0.25, -0.2) is 0 Å². The minimum atomic E-state index is -0.810. The van der Waals surface area contributed by atoms with Gasteiger partial charge in [-0.2, -0.15) is 0 Å². The first-order valence-corrected chi connectivity index (χ1v) is 5.86. The molecule has 6 nitrogen and oxygen atoms in total. The fourth-order valence-corrected chi connectivity index (χ4v) is 2.01. The minimum Gasteiger partial charge on any atom is -0.480 e. The van der Waals surface area contributed by atoms with E-state index in [0.717, 1.165) is 13.0 Å². The molecule has 1 heterocycles. The van der Waals surface area contributed by atoms with Crippen molar-refractivity contribution in [1.29, 1.82) is 0 Å². The summed E-state index contributed by atoms with van der Waals surface area (Å²) in [6, 6.07) is -0.455. The van der Waals surface area contributed by atoms with Crippen molar-refractivity contribution in [2.45, 2.75) is 25.0 Å². The molecule has 2 N–H and O–H groups in total. The van der Waals surface area contributed by atoms with Crippen molar-refractivity contribution in [2.75, 3.05) is 40.0 Å². The van der Waals surface area contributed by atoms with Gasteiger partial charge >= 0.3 is 5.97 Å². The fraction of sp³-hybridized carbons (Fsp3) is 0.909. The zero-order chi connectivity index (χ0) is 12.7. The van der Waals surface area contributed by atoms with Crippen molar-refractivity contribution in [3.05, 3.63) is 0 Å². The molecule has 2 atom stereocenters. The van der Waals surface area contributed by atoms with Crippen LogP contribution in [0.5, 0.6) is 0 Å². The van der Waals surface area contributed by atoms with Crippen molar-refractivity contribution in [3.63, 3.8) is 0 Å². The normalized spacial score (nSPS) is 22.8. The maximum Gasteiger partial charge on any atom is 0.320 e. The van der Waals surface area contributed by atoms with Crippen molar-refractivity contribution in [1.82, 2.24) is 4.90 Å².